The molecule has 26 heavy (non-hydrogen) atoms. The normalized spacial score (nSPS) is 24.5. The second-order valence-electron chi connectivity index (χ2n) is 6.63. The van der Waals surface area contributed by atoms with Crippen molar-refractivity contribution in [2.75, 3.05) is 6.54 Å². The number of halogens is 3. The van der Waals surface area contributed by atoms with Gasteiger partial charge in [-0.2, -0.15) is 22.6 Å². The molecule has 0 radical (unpaired) electrons. The van der Waals surface area contributed by atoms with E-state index >= 15 is 0 Å². The van der Waals surface area contributed by atoms with Crippen LogP contribution in [0.25, 0.3) is 0 Å². The third kappa shape index (κ3) is 2.81. The minimum Gasteiger partial charge on any atom is -0.385 e. The predicted octanol–water partition coefficient (Wildman–Crippen LogP) is 2.62. The van der Waals surface area contributed by atoms with Crippen molar-refractivity contribution >= 4 is 10.0 Å². The summed E-state index contributed by atoms with van der Waals surface area (Å²) in [4.78, 5) is -0.227. The second-order valence-corrected chi connectivity index (χ2v) is 8.52. The van der Waals surface area contributed by atoms with Crippen LogP contribution >= 0.6 is 0 Å². The summed E-state index contributed by atoms with van der Waals surface area (Å²) in [6, 6.07) is 2.95. The quantitative estimate of drug-likeness (QED) is 0.848. The van der Waals surface area contributed by atoms with Gasteiger partial charge in [-0.1, -0.05) is 0 Å². The Morgan fingerprint density at radius 1 is 1.19 bits per heavy atom. The summed E-state index contributed by atoms with van der Waals surface area (Å²) in [5.41, 5.74) is 0.216. The van der Waals surface area contributed by atoms with Gasteiger partial charge in [-0.25, -0.2) is 8.42 Å². The summed E-state index contributed by atoms with van der Waals surface area (Å²) in [5, 5.41) is 16.9. The van der Waals surface area contributed by atoms with Gasteiger partial charge in [0.2, 0.25) is 10.0 Å². The van der Waals surface area contributed by atoms with Gasteiger partial charge in [0.05, 0.1) is 28.4 Å². The van der Waals surface area contributed by atoms with Crippen LogP contribution in [0.1, 0.15) is 41.8 Å². The van der Waals surface area contributed by atoms with Crippen molar-refractivity contribution in [3.63, 3.8) is 0 Å². The van der Waals surface area contributed by atoms with Crippen LogP contribution in [0.15, 0.2) is 35.4 Å². The molecule has 2 aromatic rings. The number of nitrogens with one attached hydrogen (secondary N) is 1. The summed E-state index contributed by atoms with van der Waals surface area (Å²) in [5.74, 6) is 0.114. The number of fused-ring (bicyclic) bond motifs is 1. The first-order valence-corrected chi connectivity index (χ1v) is 9.54. The molecular formula is C16H16F3N3O3S. The molecule has 0 amide bonds. The van der Waals surface area contributed by atoms with Crippen LogP contribution in [0.2, 0.25) is 0 Å². The lowest BCUT2D eigenvalue weighted by molar-refractivity contribution is -0.137. The average Bonchev–Trinajstić information content (AvgIpc) is 3.29. The van der Waals surface area contributed by atoms with Gasteiger partial charge in [0, 0.05) is 12.1 Å². The molecule has 1 fully saturated rings. The van der Waals surface area contributed by atoms with Crippen LogP contribution in [-0.4, -0.2) is 34.6 Å². The molecule has 0 bridgehead atoms. The van der Waals surface area contributed by atoms with Crippen LogP contribution < -0.4 is 0 Å². The number of aliphatic hydroxyl groups excluding tert-OH is 1. The Bertz CT molecular complexity index is 920. The zero-order chi connectivity index (χ0) is 18.7. The molecule has 0 spiro atoms. The van der Waals surface area contributed by atoms with Crippen LogP contribution in [-0.2, 0) is 16.2 Å². The molecule has 4 rings (SSSR count). The molecule has 2 atom stereocenters. The summed E-state index contributed by atoms with van der Waals surface area (Å²) in [6.07, 6.45) is -2.39. The monoisotopic (exact) mass is 387 g/mol. The number of sulfonamides is 1. The van der Waals surface area contributed by atoms with Crippen LogP contribution in [0, 0.1) is 5.92 Å². The third-order valence-electron chi connectivity index (χ3n) is 4.87. The number of β-amino-alcohol motifs (C(OH)–C–C–N with tert-alkyl or cyclic N) is 1. The van der Waals surface area contributed by atoms with Gasteiger partial charge in [0.15, 0.2) is 0 Å². The Kier molecular flexibility index (Phi) is 3.90. The van der Waals surface area contributed by atoms with Gasteiger partial charge in [0.1, 0.15) is 6.10 Å². The number of alkyl halides is 3. The Morgan fingerprint density at radius 2 is 1.85 bits per heavy atom. The molecule has 10 heteroatoms. The Balaban J connectivity index is 1.73. The maximum Gasteiger partial charge on any atom is 0.416 e. The Labute approximate surface area is 147 Å². The van der Waals surface area contributed by atoms with E-state index in [2.05, 4.69) is 10.2 Å². The molecule has 1 aliphatic heterocycles. The molecule has 1 saturated carbocycles. The van der Waals surface area contributed by atoms with Crippen molar-refractivity contribution in [3.8, 4) is 0 Å². The fourth-order valence-corrected chi connectivity index (χ4v) is 5.11. The van der Waals surface area contributed by atoms with Crippen molar-refractivity contribution in [1.29, 1.82) is 0 Å². The minimum absolute atomic E-state index is 0.114. The number of aliphatic hydroxyl groups is 1. The highest BCUT2D eigenvalue weighted by Gasteiger charge is 2.47. The Hall–Kier alpha value is -1.91. The molecule has 0 saturated heterocycles. The van der Waals surface area contributed by atoms with E-state index in [4.69, 9.17) is 0 Å². The van der Waals surface area contributed by atoms with E-state index in [9.17, 15) is 26.7 Å². The number of benzene rings is 1. The second kappa shape index (κ2) is 5.80. The fourth-order valence-electron chi connectivity index (χ4n) is 3.44. The zero-order valence-electron chi connectivity index (χ0n) is 13.4. The predicted molar refractivity (Wildman–Crippen MR) is 84.3 cm³/mol. The first kappa shape index (κ1) is 17.5. The summed E-state index contributed by atoms with van der Waals surface area (Å²) in [6.45, 7) is -0.167. The van der Waals surface area contributed by atoms with Crippen molar-refractivity contribution in [1.82, 2.24) is 14.5 Å². The molecule has 2 N–H and O–H groups in total. The highest BCUT2D eigenvalue weighted by molar-refractivity contribution is 7.89. The van der Waals surface area contributed by atoms with E-state index in [0.717, 1.165) is 37.1 Å². The van der Waals surface area contributed by atoms with E-state index in [0.29, 0.717) is 11.3 Å². The highest BCUT2D eigenvalue weighted by Crippen LogP contribution is 2.50. The number of H-pyrrole nitrogens is 1. The molecule has 140 valence electrons. The van der Waals surface area contributed by atoms with E-state index < -0.39 is 33.9 Å². The number of nitrogens with zero attached hydrogens (tertiary/aromatic N) is 2. The fraction of sp³-hybridized carbons (Fsp3) is 0.438. The lowest BCUT2D eigenvalue weighted by atomic mass is 9.96. The van der Waals surface area contributed by atoms with Gasteiger partial charge in [-0.3, -0.25) is 5.10 Å². The van der Waals surface area contributed by atoms with Gasteiger partial charge in [-0.15, -0.1) is 0 Å². The lowest BCUT2D eigenvalue weighted by Gasteiger charge is -2.36. The van der Waals surface area contributed by atoms with Crippen LogP contribution in [0.3, 0.4) is 0 Å². The van der Waals surface area contributed by atoms with Gasteiger partial charge >= 0.3 is 6.18 Å². The summed E-state index contributed by atoms with van der Waals surface area (Å²) >= 11 is 0. The van der Waals surface area contributed by atoms with Crippen molar-refractivity contribution in [3.05, 3.63) is 47.3 Å². The van der Waals surface area contributed by atoms with Crippen LogP contribution in [0.5, 0.6) is 0 Å². The topological polar surface area (TPSA) is 86.3 Å². The lowest BCUT2D eigenvalue weighted by Crippen LogP contribution is -2.42. The zero-order valence-corrected chi connectivity index (χ0v) is 14.3. The van der Waals surface area contributed by atoms with Gasteiger partial charge < -0.3 is 5.11 Å². The van der Waals surface area contributed by atoms with Crippen molar-refractivity contribution in [2.24, 2.45) is 5.92 Å². The van der Waals surface area contributed by atoms with Crippen LogP contribution in [0.4, 0.5) is 13.2 Å². The maximum atomic E-state index is 13.1. The number of rotatable bonds is 3. The van der Waals surface area contributed by atoms with Gasteiger partial charge in [0.25, 0.3) is 0 Å². The minimum atomic E-state index is -4.54. The number of hydrogen-bond acceptors (Lipinski definition) is 4. The van der Waals surface area contributed by atoms with E-state index in [1.807, 2.05) is 0 Å². The van der Waals surface area contributed by atoms with E-state index in [1.54, 1.807) is 0 Å². The molecule has 2 unspecified atom stereocenters. The molecular weight excluding hydrogens is 371 g/mol. The SMILES string of the molecule is O=S(=O)(c1ccc(C(F)(F)F)cc1)N1CC(O)c2[nH]ncc2C1C1CC1. The average molecular weight is 387 g/mol. The molecule has 2 aliphatic rings. The first-order chi connectivity index (χ1) is 12.2. The molecule has 1 aromatic heterocycles. The van der Waals surface area contributed by atoms with E-state index in [1.165, 1.54) is 10.5 Å². The van der Waals surface area contributed by atoms with E-state index in [-0.39, 0.29) is 17.4 Å². The molecule has 6 nitrogen and oxygen atoms in total. The van der Waals surface area contributed by atoms with Crippen molar-refractivity contribution < 1.29 is 26.7 Å². The maximum absolute atomic E-state index is 13.1. The number of hydrogen-bond donors (Lipinski definition) is 2. The van der Waals surface area contributed by atoms with Crippen molar-refractivity contribution in [2.45, 2.75) is 36.1 Å². The Morgan fingerprint density at radius 3 is 2.42 bits per heavy atom. The number of aromatic nitrogens is 2. The smallest absolute Gasteiger partial charge is 0.385 e. The molecule has 2 heterocycles. The third-order valence-corrected chi connectivity index (χ3v) is 6.73. The number of aromatic amines is 1. The molecule has 1 aromatic carbocycles. The summed E-state index contributed by atoms with van der Waals surface area (Å²) in [7, 11) is -4.07. The highest BCUT2D eigenvalue weighted by atomic mass is 32.2. The molecule has 1 aliphatic carbocycles. The summed E-state index contributed by atoms with van der Waals surface area (Å²) < 4.78 is 65.5. The first-order valence-electron chi connectivity index (χ1n) is 8.10. The van der Waals surface area contributed by atoms with Gasteiger partial charge in [-0.05, 0) is 43.0 Å². The largest absolute Gasteiger partial charge is 0.416 e. The standard InChI is InChI=1S/C16H16F3N3O3S/c17-16(18,19)10-3-5-11(6-4-10)26(24,25)22-8-13(23)14-12(7-20-21-14)15(22)9-1-2-9/h3-7,9,13,15,23H,1-2,8H2,(H,20,21).